The summed E-state index contributed by atoms with van der Waals surface area (Å²) in [5.74, 6) is 0.0252. The maximum absolute atomic E-state index is 12.9. The van der Waals surface area contributed by atoms with Gasteiger partial charge in [-0.2, -0.15) is 0 Å². The molecule has 0 unspecified atom stereocenters. The van der Waals surface area contributed by atoms with Gasteiger partial charge in [-0.05, 0) is 54.3 Å². The molecule has 1 aromatic heterocycles. The monoisotopic (exact) mass is 364 g/mol. The van der Waals surface area contributed by atoms with Crippen LogP contribution in [0.1, 0.15) is 28.5 Å². The number of amides is 1. The molecule has 1 amide bonds. The van der Waals surface area contributed by atoms with Crippen LogP contribution in [0.4, 0.5) is 15.9 Å². The maximum atomic E-state index is 12.9. The van der Waals surface area contributed by atoms with Gasteiger partial charge in [-0.25, -0.2) is 4.39 Å². The summed E-state index contributed by atoms with van der Waals surface area (Å²) in [4.78, 5) is 12.2. The summed E-state index contributed by atoms with van der Waals surface area (Å²) >= 11 is 0. The van der Waals surface area contributed by atoms with Crippen molar-refractivity contribution in [3.8, 4) is 0 Å². The minimum absolute atomic E-state index is 0.253. The Kier molecular flexibility index (Phi) is 6.10. The highest BCUT2D eigenvalue weighted by Gasteiger charge is 2.08. The van der Waals surface area contributed by atoms with Crippen molar-refractivity contribution < 1.29 is 9.18 Å². The molecule has 0 spiro atoms. The van der Waals surface area contributed by atoms with Gasteiger partial charge in [-0.15, -0.1) is 10.2 Å². The summed E-state index contributed by atoms with van der Waals surface area (Å²) in [6.45, 7) is 2.53. The smallest absolute Gasteiger partial charge is 0.271 e. The zero-order valence-electron chi connectivity index (χ0n) is 15.1. The Hall–Kier alpha value is -3.28. The van der Waals surface area contributed by atoms with Gasteiger partial charge < -0.3 is 10.6 Å². The molecule has 27 heavy (non-hydrogen) atoms. The predicted octanol–water partition coefficient (Wildman–Crippen LogP) is 3.89. The van der Waals surface area contributed by atoms with Crippen molar-refractivity contribution in [3.05, 3.63) is 83.3 Å². The lowest BCUT2D eigenvalue weighted by Gasteiger charge is -2.10. The van der Waals surface area contributed by atoms with Crippen molar-refractivity contribution in [2.75, 3.05) is 11.9 Å². The van der Waals surface area contributed by atoms with E-state index in [1.807, 2.05) is 18.2 Å². The van der Waals surface area contributed by atoms with E-state index < -0.39 is 0 Å². The molecule has 0 bridgehead atoms. The fourth-order valence-electron chi connectivity index (χ4n) is 2.67. The number of para-hydroxylation sites is 1. The molecule has 138 valence electrons. The first-order valence-corrected chi connectivity index (χ1v) is 8.87. The van der Waals surface area contributed by atoms with Gasteiger partial charge in [0.1, 0.15) is 5.82 Å². The van der Waals surface area contributed by atoms with Crippen LogP contribution in [0, 0.1) is 5.82 Å². The first-order valence-electron chi connectivity index (χ1n) is 8.87. The topological polar surface area (TPSA) is 66.9 Å². The number of halogens is 1. The van der Waals surface area contributed by atoms with E-state index in [1.165, 1.54) is 17.7 Å². The van der Waals surface area contributed by atoms with Crippen LogP contribution in [0.5, 0.6) is 0 Å². The molecule has 0 radical (unpaired) electrons. The van der Waals surface area contributed by atoms with Crippen LogP contribution in [-0.4, -0.2) is 22.6 Å². The highest BCUT2D eigenvalue weighted by Crippen LogP contribution is 2.19. The molecule has 0 aliphatic heterocycles. The lowest BCUT2D eigenvalue weighted by Crippen LogP contribution is -2.26. The average Bonchev–Trinajstić information content (AvgIpc) is 2.70. The fraction of sp³-hybridized carbons (Fsp3) is 0.190. The van der Waals surface area contributed by atoms with Crippen molar-refractivity contribution in [1.82, 2.24) is 15.5 Å². The SMILES string of the molecule is CCc1ccccc1Nc1ccc(C(=O)NCCc2ccc(F)cc2)nn1. The quantitative estimate of drug-likeness (QED) is 0.667. The Morgan fingerprint density at radius 1 is 1.00 bits per heavy atom. The van der Waals surface area contributed by atoms with E-state index in [-0.39, 0.29) is 17.4 Å². The van der Waals surface area contributed by atoms with Gasteiger partial charge in [0.05, 0.1) is 0 Å². The number of anilines is 2. The summed E-state index contributed by atoms with van der Waals surface area (Å²) in [5, 5.41) is 14.1. The molecular formula is C21H21FN4O. The summed E-state index contributed by atoms with van der Waals surface area (Å²) in [6, 6.07) is 17.6. The zero-order chi connectivity index (χ0) is 19.1. The lowest BCUT2D eigenvalue weighted by molar-refractivity contribution is 0.0948. The summed E-state index contributed by atoms with van der Waals surface area (Å²) in [6.07, 6.45) is 1.53. The molecule has 0 aliphatic rings. The number of nitrogens with one attached hydrogen (secondary N) is 2. The van der Waals surface area contributed by atoms with Crippen LogP contribution in [0.25, 0.3) is 0 Å². The van der Waals surface area contributed by atoms with E-state index in [2.05, 4.69) is 33.8 Å². The molecule has 0 fully saturated rings. The van der Waals surface area contributed by atoms with Crippen molar-refractivity contribution in [3.63, 3.8) is 0 Å². The van der Waals surface area contributed by atoms with E-state index in [1.54, 1.807) is 24.3 Å². The molecule has 0 saturated carbocycles. The summed E-state index contributed by atoms with van der Waals surface area (Å²) in [5.41, 5.74) is 3.37. The number of aryl methyl sites for hydroxylation is 1. The highest BCUT2D eigenvalue weighted by molar-refractivity contribution is 5.92. The van der Waals surface area contributed by atoms with Crippen LogP contribution >= 0.6 is 0 Å². The molecule has 0 aliphatic carbocycles. The van der Waals surface area contributed by atoms with Crippen molar-refractivity contribution in [1.29, 1.82) is 0 Å². The molecule has 6 heteroatoms. The Balaban J connectivity index is 1.54. The highest BCUT2D eigenvalue weighted by atomic mass is 19.1. The molecule has 2 aromatic carbocycles. The molecule has 3 aromatic rings. The number of hydrogen-bond donors (Lipinski definition) is 2. The molecule has 2 N–H and O–H groups in total. The Morgan fingerprint density at radius 2 is 1.78 bits per heavy atom. The van der Waals surface area contributed by atoms with Gasteiger partial charge in [0.15, 0.2) is 11.5 Å². The first kappa shape index (κ1) is 18.5. The van der Waals surface area contributed by atoms with Crippen LogP contribution in [0.15, 0.2) is 60.7 Å². The minimum atomic E-state index is -0.287. The first-order chi connectivity index (χ1) is 13.2. The van der Waals surface area contributed by atoms with E-state index in [0.717, 1.165) is 17.7 Å². The number of nitrogens with zero attached hydrogens (tertiary/aromatic N) is 2. The lowest BCUT2D eigenvalue weighted by atomic mass is 10.1. The largest absolute Gasteiger partial charge is 0.350 e. The Morgan fingerprint density at radius 3 is 2.48 bits per heavy atom. The van der Waals surface area contributed by atoms with Crippen molar-refractivity contribution in [2.24, 2.45) is 0 Å². The fourth-order valence-corrected chi connectivity index (χ4v) is 2.67. The van der Waals surface area contributed by atoms with E-state index >= 15 is 0 Å². The maximum Gasteiger partial charge on any atom is 0.271 e. The number of hydrogen-bond acceptors (Lipinski definition) is 4. The van der Waals surface area contributed by atoms with Gasteiger partial charge in [0.25, 0.3) is 5.91 Å². The molecule has 5 nitrogen and oxygen atoms in total. The molecule has 3 rings (SSSR count). The number of benzene rings is 2. The third kappa shape index (κ3) is 5.10. The second-order valence-corrected chi connectivity index (χ2v) is 6.07. The van der Waals surface area contributed by atoms with E-state index in [0.29, 0.717) is 18.8 Å². The third-order valence-electron chi connectivity index (χ3n) is 4.17. The van der Waals surface area contributed by atoms with Gasteiger partial charge in [0, 0.05) is 12.2 Å². The third-order valence-corrected chi connectivity index (χ3v) is 4.17. The summed E-state index contributed by atoms with van der Waals surface area (Å²) < 4.78 is 12.9. The second-order valence-electron chi connectivity index (χ2n) is 6.07. The zero-order valence-corrected chi connectivity index (χ0v) is 15.1. The Labute approximate surface area is 157 Å². The molecule has 1 heterocycles. The number of aromatic nitrogens is 2. The second kappa shape index (κ2) is 8.89. The predicted molar refractivity (Wildman–Crippen MR) is 104 cm³/mol. The number of carbonyl (C=O) groups is 1. The van der Waals surface area contributed by atoms with E-state index in [4.69, 9.17) is 0 Å². The van der Waals surface area contributed by atoms with Crippen LogP contribution in [0.3, 0.4) is 0 Å². The van der Waals surface area contributed by atoms with Gasteiger partial charge in [-0.1, -0.05) is 37.3 Å². The van der Waals surface area contributed by atoms with Gasteiger partial charge >= 0.3 is 0 Å². The van der Waals surface area contributed by atoms with Crippen molar-refractivity contribution in [2.45, 2.75) is 19.8 Å². The van der Waals surface area contributed by atoms with Gasteiger partial charge in [0.2, 0.25) is 0 Å². The minimum Gasteiger partial charge on any atom is -0.350 e. The standard InChI is InChI=1S/C21H21FN4O/c1-2-16-5-3-4-6-18(16)24-20-12-11-19(25-26-20)21(27)23-14-13-15-7-9-17(22)10-8-15/h3-12H,2,13-14H2,1H3,(H,23,27)(H,24,26). The van der Waals surface area contributed by atoms with Gasteiger partial charge in [-0.3, -0.25) is 4.79 Å². The number of rotatable bonds is 7. The van der Waals surface area contributed by atoms with Crippen LogP contribution in [0.2, 0.25) is 0 Å². The number of carbonyl (C=O) groups excluding carboxylic acids is 1. The van der Waals surface area contributed by atoms with Crippen LogP contribution in [-0.2, 0) is 12.8 Å². The average molecular weight is 364 g/mol. The van der Waals surface area contributed by atoms with E-state index in [9.17, 15) is 9.18 Å². The van der Waals surface area contributed by atoms with Crippen molar-refractivity contribution >= 4 is 17.4 Å². The molecule has 0 atom stereocenters. The summed E-state index contributed by atoms with van der Waals surface area (Å²) in [7, 11) is 0. The van der Waals surface area contributed by atoms with Crippen LogP contribution < -0.4 is 10.6 Å². The normalized spacial score (nSPS) is 10.4. The molecule has 0 saturated heterocycles. The molecular weight excluding hydrogens is 343 g/mol. The Bertz CT molecular complexity index is 895.